The molecular weight excluding hydrogens is 254 g/mol. The molecule has 0 aromatic carbocycles. The lowest BCUT2D eigenvalue weighted by Crippen LogP contribution is -2.50. The second kappa shape index (κ2) is 5.75. The SMILES string of the molecule is NC1CCC(C(=O)N2CCN(c3ncccn3)CC2)C1. The molecule has 0 radical (unpaired) electrons. The van der Waals surface area contributed by atoms with Crippen LogP contribution in [-0.4, -0.2) is 53.0 Å². The number of carbonyl (C=O) groups is 1. The van der Waals surface area contributed by atoms with E-state index in [4.69, 9.17) is 5.73 Å². The molecule has 2 heterocycles. The van der Waals surface area contributed by atoms with E-state index in [2.05, 4.69) is 14.9 Å². The highest BCUT2D eigenvalue weighted by Gasteiger charge is 2.32. The van der Waals surface area contributed by atoms with Gasteiger partial charge in [0.15, 0.2) is 0 Å². The molecule has 1 saturated carbocycles. The number of hydrogen-bond donors (Lipinski definition) is 1. The van der Waals surface area contributed by atoms with Crippen molar-refractivity contribution in [3.8, 4) is 0 Å². The van der Waals surface area contributed by atoms with Crippen molar-refractivity contribution in [3.63, 3.8) is 0 Å². The average molecular weight is 275 g/mol. The molecule has 6 heteroatoms. The molecule has 6 nitrogen and oxygen atoms in total. The van der Waals surface area contributed by atoms with Gasteiger partial charge in [-0.2, -0.15) is 0 Å². The zero-order valence-corrected chi connectivity index (χ0v) is 11.6. The molecule has 1 aliphatic carbocycles. The van der Waals surface area contributed by atoms with Gasteiger partial charge < -0.3 is 15.5 Å². The Morgan fingerprint density at radius 2 is 1.85 bits per heavy atom. The lowest BCUT2D eigenvalue weighted by Gasteiger charge is -2.35. The van der Waals surface area contributed by atoms with Crippen molar-refractivity contribution in [2.75, 3.05) is 31.1 Å². The van der Waals surface area contributed by atoms with Gasteiger partial charge in [-0.05, 0) is 25.3 Å². The van der Waals surface area contributed by atoms with Crippen LogP contribution in [-0.2, 0) is 4.79 Å². The number of hydrogen-bond acceptors (Lipinski definition) is 5. The van der Waals surface area contributed by atoms with Crippen molar-refractivity contribution in [2.24, 2.45) is 11.7 Å². The molecule has 0 spiro atoms. The van der Waals surface area contributed by atoms with E-state index in [0.29, 0.717) is 0 Å². The predicted octanol–water partition coefficient (Wildman–Crippen LogP) is 0.253. The Hall–Kier alpha value is -1.69. The molecule has 2 fully saturated rings. The molecule has 2 aliphatic rings. The van der Waals surface area contributed by atoms with E-state index in [0.717, 1.165) is 51.4 Å². The van der Waals surface area contributed by atoms with E-state index in [9.17, 15) is 4.79 Å². The predicted molar refractivity (Wildman–Crippen MR) is 76.1 cm³/mol. The fourth-order valence-electron chi connectivity index (χ4n) is 3.08. The number of rotatable bonds is 2. The summed E-state index contributed by atoms with van der Waals surface area (Å²) in [6.45, 7) is 3.11. The maximum Gasteiger partial charge on any atom is 0.225 e. The van der Waals surface area contributed by atoms with Gasteiger partial charge in [0.05, 0.1) is 0 Å². The Labute approximate surface area is 119 Å². The molecule has 1 amide bonds. The first-order chi connectivity index (χ1) is 9.74. The van der Waals surface area contributed by atoms with Crippen molar-refractivity contribution >= 4 is 11.9 Å². The Morgan fingerprint density at radius 1 is 1.15 bits per heavy atom. The van der Waals surface area contributed by atoms with Crippen LogP contribution in [0.2, 0.25) is 0 Å². The standard InChI is InChI=1S/C14H21N5O/c15-12-3-2-11(10-12)13(20)18-6-8-19(9-7-18)14-16-4-1-5-17-14/h1,4-5,11-12H,2-3,6-10,15H2. The molecule has 2 atom stereocenters. The van der Waals surface area contributed by atoms with Crippen LogP contribution in [0.1, 0.15) is 19.3 Å². The first-order valence-corrected chi connectivity index (χ1v) is 7.30. The third kappa shape index (κ3) is 2.75. The van der Waals surface area contributed by atoms with E-state index in [1.54, 1.807) is 12.4 Å². The second-order valence-corrected chi connectivity index (χ2v) is 5.63. The van der Waals surface area contributed by atoms with Crippen LogP contribution in [0, 0.1) is 5.92 Å². The van der Waals surface area contributed by atoms with E-state index in [-0.39, 0.29) is 17.9 Å². The van der Waals surface area contributed by atoms with E-state index >= 15 is 0 Å². The maximum absolute atomic E-state index is 12.4. The maximum atomic E-state index is 12.4. The number of carbonyl (C=O) groups excluding carboxylic acids is 1. The van der Waals surface area contributed by atoms with Crippen molar-refractivity contribution in [1.29, 1.82) is 0 Å². The van der Waals surface area contributed by atoms with Crippen LogP contribution >= 0.6 is 0 Å². The normalized spacial score (nSPS) is 26.9. The zero-order valence-electron chi connectivity index (χ0n) is 11.6. The smallest absolute Gasteiger partial charge is 0.225 e. The molecule has 1 aromatic rings. The van der Waals surface area contributed by atoms with Crippen LogP contribution in [0.25, 0.3) is 0 Å². The van der Waals surface area contributed by atoms with Gasteiger partial charge in [0.1, 0.15) is 0 Å². The third-order valence-corrected chi connectivity index (χ3v) is 4.25. The molecule has 0 bridgehead atoms. The number of aromatic nitrogens is 2. The molecule has 2 N–H and O–H groups in total. The van der Waals surface area contributed by atoms with E-state index < -0.39 is 0 Å². The summed E-state index contributed by atoms with van der Waals surface area (Å²) in [7, 11) is 0. The Balaban J connectivity index is 1.55. The van der Waals surface area contributed by atoms with Gasteiger partial charge in [-0.15, -0.1) is 0 Å². The summed E-state index contributed by atoms with van der Waals surface area (Å²) in [5.74, 6) is 1.18. The van der Waals surface area contributed by atoms with Crippen molar-refractivity contribution < 1.29 is 4.79 Å². The van der Waals surface area contributed by atoms with E-state index in [1.165, 1.54) is 0 Å². The minimum Gasteiger partial charge on any atom is -0.339 e. The lowest BCUT2D eigenvalue weighted by atomic mass is 10.1. The summed E-state index contributed by atoms with van der Waals surface area (Å²) in [4.78, 5) is 25.0. The minimum absolute atomic E-state index is 0.143. The molecule has 1 saturated heterocycles. The summed E-state index contributed by atoms with van der Waals surface area (Å²) in [6.07, 6.45) is 6.27. The van der Waals surface area contributed by atoms with Gasteiger partial charge in [-0.3, -0.25) is 4.79 Å². The fraction of sp³-hybridized carbons (Fsp3) is 0.643. The Kier molecular flexibility index (Phi) is 3.82. The summed E-state index contributed by atoms with van der Waals surface area (Å²) in [5.41, 5.74) is 5.90. The van der Waals surface area contributed by atoms with Crippen LogP contribution in [0.15, 0.2) is 18.5 Å². The van der Waals surface area contributed by atoms with Crippen molar-refractivity contribution in [3.05, 3.63) is 18.5 Å². The largest absolute Gasteiger partial charge is 0.339 e. The highest BCUT2D eigenvalue weighted by atomic mass is 16.2. The second-order valence-electron chi connectivity index (χ2n) is 5.63. The first kappa shape index (κ1) is 13.3. The molecule has 20 heavy (non-hydrogen) atoms. The average Bonchev–Trinajstić information content (AvgIpc) is 2.94. The monoisotopic (exact) mass is 275 g/mol. The van der Waals surface area contributed by atoms with Gasteiger partial charge >= 0.3 is 0 Å². The fourth-order valence-corrected chi connectivity index (χ4v) is 3.08. The minimum atomic E-state index is 0.143. The molecule has 1 aromatic heterocycles. The summed E-state index contributed by atoms with van der Waals surface area (Å²) in [6, 6.07) is 2.02. The molecular formula is C14H21N5O. The molecule has 108 valence electrons. The number of piperazine rings is 1. The lowest BCUT2D eigenvalue weighted by molar-refractivity contribution is -0.135. The van der Waals surface area contributed by atoms with Gasteiger partial charge in [-0.1, -0.05) is 0 Å². The number of anilines is 1. The Bertz CT molecular complexity index is 458. The van der Waals surface area contributed by atoms with Gasteiger partial charge in [0.2, 0.25) is 11.9 Å². The number of nitrogens with zero attached hydrogens (tertiary/aromatic N) is 4. The zero-order chi connectivity index (χ0) is 13.9. The molecule has 1 aliphatic heterocycles. The topological polar surface area (TPSA) is 75.4 Å². The van der Waals surface area contributed by atoms with Gasteiger partial charge in [-0.25, -0.2) is 9.97 Å². The molecule has 3 rings (SSSR count). The van der Waals surface area contributed by atoms with Crippen LogP contribution < -0.4 is 10.6 Å². The van der Waals surface area contributed by atoms with Gasteiger partial charge in [0.25, 0.3) is 0 Å². The summed E-state index contributed by atoms with van der Waals surface area (Å²) >= 11 is 0. The van der Waals surface area contributed by atoms with Crippen molar-refractivity contribution in [1.82, 2.24) is 14.9 Å². The highest BCUT2D eigenvalue weighted by molar-refractivity contribution is 5.79. The number of amides is 1. The Morgan fingerprint density at radius 3 is 2.45 bits per heavy atom. The summed E-state index contributed by atoms with van der Waals surface area (Å²) < 4.78 is 0. The van der Waals surface area contributed by atoms with Crippen LogP contribution in [0.4, 0.5) is 5.95 Å². The molecule has 2 unspecified atom stereocenters. The van der Waals surface area contributed by atoms with Crippen LogP contribution in [0.5, 0.6) is 0 Å². The number of nitrogens with two attached hydrogens (primary N) is 1. The summed E-state index contributed by atoms with van der Waals surface area (Å²) in [5, 5.41) is 0. The third-order valence-electron chi connectivity index (χ3n) is 4.25. The quantitative estimate of drug-likeness (QED) is 0.837. The van der Waals surface area contributed by atoms with Gasteiger partial charge in [0, 0.05) is 50.5 Å². The van der Waals surface area contributed by atoms with E-state index in [1.807, 2.05) is 11.0 Å². The van der Waals surface area contributed by atoms with Crippen molar-refractivity contribution in [2.45, 2.75) is 25.3 Å². The van der Waals surface area contributed by atoms with Crippen LogP contribution in [0.3, 0.4) is 0 Å². The first-order valence-electron chi connectivity index (χ1n) is 7.30. The highest BCUT2D eigenvalue weighted by Crippen LogP contribution is 2.26.